The van der Waals surface area contributed by atoms with Gasteiger partial charge in [-0.2, -0.15) is 0 Å². The van der Waals surface area contributed by atoms with Crippen LogP contribution < -0.4 is 9.47 Å². The smallest absolute Gasteiger partial charge is 0.260 e. The number of aliphatic hydroxyl groups is 1. The van der Waals surface area contributed by atoms with Crippen molar-refractivity contribution in [1.29, 1.82) is 0 Å². The standard InChI is InChI=1S/C13H17F2NO4/c1-19-10-2-4-11(5-3-10)20-9-13(18)16(6-7-17)8-12(14)15/h2-5,12,17H,6-9H2,1H3. The number of amides is 1. The third-order valence-electron chi connectivity index (χ3n) is 2.50. The topological polar surface area (TPSA) is 59.0 Å². The number of halogens is 2. The van der Waals surface area contributed by atoms with E-state index in [1.807, 2.05) is 0 Å². The molecule has 1 N–H and O–H groups in total. The fraction of sp³-hybridized carbons (Fsp3) is 0.462. The van der Waals surface area contributed by atoms with E-state index < -0.39 is 18.9 Å². The minimum atomic E-state index is -2.65. The maximum Gasteiger partial charge on any atom is 0.260 e. The highest BCUT2D eigenvalue weighted by Gasteiger charge is 2.18. The van der Waals surface area contributed by atoms with Gasteiger partial charge in [-0.25, -0.2) is 8.78 Å². The van der Waals surface area contributed by atoms with Crippen molar-refractivity contribution >= 4 is 5.91 Å². The number of benzene rings is 1. The lowest BCUT2D eigenvalue weighted by molar-refractivity contribution is -0.135. The van der Waals surface area contributed by atoms with Crippen LogP contribution in [0.2, 0.25) is 0 Å². The number of aliphatic hydroxyl groups excluding tert-OH is 1. The number of hydrogen-bond acceptors (Lipinski definition) is 4. The first kappa shape index (κ1) is 16.2. The largest absolute Gasteiger partial charge is 0.497 e. The van der Waals surface area contributed by atoms with Gasteiger partial charge in [0.1, 0.15) is 11.5 Å². The van der Waals surface area contributed by atoms with Gasteiger partial charge in [0.25, 0.3) is 12.3 Å². The fourth-order valence-corrected chi connectivity index (χ4v) is 1.51. The average Bonchev–Trinajstić information content (AvgIpc) is 2.44. The van der Waals surface area contributed by atoms with Gasteiger partial charge in [-0.3, -0.25) is 4.79 Å². The zero-order valence-electron chi connectivity index (χ0n) is 11.1. The Kier molecular flexibility index (Phi) is 6.72. The van der Waals surface area contributed by atoms with Crippen molar-refractivity contribution in [3.63, 3.8) is 0 Å². The second-order valence-electron chi connectivity index (χ2n) is 3.92. The van der Waals surface area contributed by atoms with Crippen molar-refractivity contribution in [3.8, 4) is 11.5 Å². The van der Waals surface area contributed by atoms with Crippen LogP contribution in [0.15, 0.2) is 24.3 Å². The number of rotatable bonds is 8. The molecule has 20 heavy (non-hydrogen) atoms. The Balaban J connectivity index is 2.50. The van der Waals surface area contributed by atoms with Gasteiger partial charge in [0, 0.05) is 6.54 Å². The molecule has 0 heterocycles. The summed E-state index contributed by atoms with van der Waals surface area (Å²) in [5, 5.41) is 8.75. The number of carbonyl (C=O) groups is 1. The molecule has 0 aliphatic heterocycles. The van der Waals surface area contributed by atoms with E-state index in [1.54, 1.807) is 24.3 Å². The van der Waals surface area contributed by atoms with Gasteiger partial charge in [-0.05, 0) is 24.3 Å². The van der Waals surface area contributed by atoms with Crippen molar-refractivity contribution in [3.05, 3.63) is 24.3 Å². The van der Waals surface area contributed by atoms with Gasteiger partial charge in [-0.15, -0.1) is 0 Å². The van der Waals surface area contributed by atoms with Crippen molar-refractivity contribution in [2.24, 2.45) is 0 Å². The number of nitrogens with zero attached hydrogens (tertiary/aromatic N) is 1. The van der Waals surface area contributed by atoms with Crippen LogP contribution in [0.5, 0.6) is 11.5 Å². The van der Waals surface area contributed by atoms with Crippen molar-refractivity contribution in [2.75, 3.05) is 33.4 Å². The number of methoxy groups -OCH3 is 1. The quantitative estimate of drug-likeness (QED) is 0.780. The predicted molar refractivity (Wildman–Crippen MR) is 68.2 cm³/mol. The second kappa shape index (κ2) is 8.31. The Bertz CT molecular complexity index is 411. The number of hydrogen-bond donors (Lipinski definition) is 1. The molecule has 0 bridgehead atoms. The summed E-state index contributed by atoms with van der Waals surface area (Å²) in [6.07, 6.45) is -2.65. The highest BCUT2D eigenvalue weighted by Crippen LogP contribution is 2.17. The summed E-state index contributed by atoms with van der Waals surface area (Å²) in [7, 11) is 1.52. The molecule has 7 heteroatoms. The Morgan fingerprint density at radius 3 is 2.40 bits per heavy atom. The van der Waals surface area contributed by atoms with Crippen LogP contribution in [-0.4, -0.2) is 55.8 Å². The van der Waals surface area contributed by atoms with Crippen LogP contribution in [0, 0.1) is 0 Å². The van der Waals surface area contributed by atoms with E-state index in [4.69, 9.17) is 14.6 Å². The molecule has 0 radical (unpaired) electrons. The molecule has 112 valence electrons. The highest BCUT2D eigenvalue weighted by molar-refractivity contribution is 5.77. The third kappa shape index (κ3) is 5.40. The van der Waals surface area contributed by atoms with Crippen LogP contribution in [0.4, 0.5) is 8.78 Å². The molecule has 1 aromatic carbocycles. The minimum absolute atomic E-state index is 0.144. The van der Waals surface area contributed by atoms with E-state index in [-0.39, 0.29) is 19.8 Å². The molecule has 0 unspecified atom stereocenters. The minimum Gasteiger partial charge on any atom is -0.497 e. The molecule has 1 amide bonds. The molecule has 0 atom stereocenters. The van der Waals surface area contributed by atoms with Gasteiger partial charge in [-0.1, -0.05) is 0 Å². The molecule has 1 rings (SSSR count). The summed E-state index contributed by atoms with van der Waals surface area (Å²) in [6, 6.07) is 6.53. The monoisotopic (exact) mass is 289 g/mol. The van der Waals surface area contributed by atoms with Gasteiger partial charge in [0.05, 0.1) is 20.3 Å². The Morgan fingerprint density at radius 2 is 1.90 bits per heavy atom. The first-order valence-corrected chi connectivity index (χ1v) is 6.00. The van der Waals surface area contributed by atoms with Crippen molar-refractivity contribution in [1.82, 2.24) is 4.90 Å². The van der Waals surface area contributed by atoms with Crippen LogP contribution in [-0.2, 0) is 4.79 Å². The lowest BCUT2D eigenvalue weighted by atomic mass is 10.3. The summed E-state index contributed by atoms with van der Waals surface area (Å²) in [4.78, 5) is 12.6. The molecule has 0 aliphatic rings. The lowest BCUT2D eigenvalue weighted by Gasteiger charge is -2.21. The molecule has 0 saturated carbocycles. The average molecular weight is 289 g/mol. The number of alkyl halides is 2. The first-order chi connectivity index (χ1) is 9.56. The molecule has 0 spiro atoms. The van der Waals surface area contributed by atoms with Crippen LogP contribution in [0.1, 0.15) is 0 Å². The molecular weight excluding hydrogens is 272 g/mol. The summed E-state index contributed by atoms with van der Waals surface area (Å²) in [6.45, 7) is -1.60. The Labute approximate surface area is 115 Å². The Morgan fingerprint density at radius 1 is 1.30 bits per heavy atom. The van der Waals surface area contributed by atoms with E-state index in [2.05, 4.69) is 0 Å². The molecule has 5 nitrogen and oxygen atoms in total. The summed E-state index contributed by atoms with van der Waals surface area (Å²) >= 11 is 0. The molecule has 0 fully saturated rings. The lowest BCUT2D eigenvalue weighted by Crippen LogP contribution is -2.40. The van der Waals surface area contributed by atoms with Crippen molar-refractivity contribution in [2.45, 2.75) is 6.43 Å². The van der Waals surface area contributed by atoms with E-state index in [9.17, 15) is 13.6 Å². The molecule has 1 aromatic rings. The zero-order chi connectivity index (χ0) is 15.0. The van der Waals surface area contributed by atoms with Gasteiger partial charge in [0.15, 0.2) is 6.61 Å². The maximum absolute atomic E-state index is 12.3. The van der Waals surface area contributed by atoms with Crippen molar-refractivity contribution < 1.29 is 28.2 Å². The first-order valence-electron chi connectivity index (χ1n) is 6.00. The van der Waals surface area contributed by atoms with Gasteiger partial charge >= 0.3 is 0 Å². The highest BCUT2D eigenvalue weighted by atomic mass is 19.3. The molecular formula is C13H17F2NO4. The van der Waals surface area contributed by atoms with Gasteiger partial charge in [0.2, 0.25) is 0 Å². The number of ether oxygens (including phenoxy) is 2. The van der Waals surface area contributed by atoms with Crippen LogP contribution in [0.25, 0.3) is 0 Å². The van der Waals surface area contributed by atoms with E-state index >= 15 is 0 Å². The van der Waals surface area contributed by atoms with Crippen LogP contribution >= 0.6 is 0 Å². The molecule has 0 aliphatic carbocycles. The zero-order valence-corrected chi connectivity index (χ0v) is 11.1. The maximum atomic E-state index is 12.3. The Hall–Kier alpha value is -1.89. The second-order valence-corrected chi connectivity index (χ2v) is 3.92. The summed E-state index contributed by atoms with van der Waals surface area (Å²) in [5.74, 6) is 0.471. The van der Waals surface area contributed by atoms with E-state index in [0.717, 1.165) is 4.90 Å². The fourth-order valence-electron chi connectivity index (χ4n) is 1.51. The number of carbonyl (C=O) groups excluding carboxylic acids is 1. The SMILES string of the molecule is COc1ccc(OCC(=O)N(CCO)CC(F)F)cc1. The normalized spacial score (nSPS) is 10.4. The van der Waals surface area contributed by atoms with Crippen LogP contribution in [0.3, 0.4) is 0 Å². The summed E-state index contributed by atoms with van der Waals surface area (Å²) < 4.78 is 34.7. The van der Waals surface area contributed by atoms with E-state index in [0.29, 0.717) is 11.5 Å². The third-order valence-corrected chi connectivity index (χ3v) is 2.50. The molecule has 0 saturated heterocycles. The summed E-state index contributed by atoms with van der Waals surface area (Å²) in [5.41, 5.74) is 0. The molecule has 0 aromatic heterocycles. The van der Waals surface area contributed by atoms with Gasteiger partial charge < -0.3 is 19.5 Å². The van der Waals surface area contributed by atoms with E-state index in [1.165, 1.54) is 7.11 Å². The predicted octanol–water partition coefficient (Wildman–Crippen LogP) is 1.16.